The molecule has 6 nitrogen and oxygen atoms in total. The van der Waals surface area contributed by atoms with E-state index in [1.165, 1.54) is 11.3 Å². The Hall–Kier alpha value is -2.77. The van der Waals surface area contributed by atoms with Gasteiger partial charge in [-0.25, -0.2) is 9.67 Å². The maximum absolute atomic E-state index is 12.3. The van der Waals surface area contributed by atoms with E-state index < -0.39 is 0 Å². The van der Waals surface area contributed by atoms with E-state index in [4.69, 9.17) is 11.6 Å². The van der Waals surface area contributed by atoms with Crippen molar-refractivity contribution in [1.29, 1.82) is 0 Å². The summed E-state index contributed by atoms with van der Waals surface area (Å²) in [7, 11) is 0. The van der Waals surface area contributed by atoms with Gasteiger partial charge in [-0.2, -0.15) is 0 Å². The van der Waals surface area contributed by atoms with E-state index in [1.54, 1.807) is 4.68 Å². The molecule has 0 aliphatic carbocycles. The van der Waals surface area contributed by atoms with Crippen LogP contribution in [0.25, 0.3) is 21.6 Å². The van der Waals surface area contributed by atoms with E-state index in [0.717, 1.165) is 32.2 Å². The average molecular weight is 398 g/mol. The molecule has 0 saturated heterocycles. The highest BCUT2D eigenvalue weighted by atomic mass is 35.5. The molecule has 0 bridgehead atoms. The number of thiazole rings is 1. The van der Waals surface area contributed by atoms with Crippen molar-refractivity contribution in [3.8, 4) is 10.6 Å². The molecule has 0 saturated carbocycles. The Morgan fingerprint density at radius 3 is 2.81 bits per heavy atom. The Morgan fingerprint density at radius 2 is 1.96 bits per heavy atom. The topological polar surface area (TPSA) is 72.7 Å². The number of fused-ring (bicyclic) bond motifs is 1. The monoisotopic (exact) mass is 397 g/mol. The first-order valence-corrected chi connectivity index (χ1v) is 9.57. The SMILES string of the molecule is Cc1nc(-c2ccccc2Cl)sc1CNC(=O)Cn1nnc2ccccc21. The van der Waals surface area contributed by atoms with Gasteiger partial charge in [-0.1, -0.05) is 47.1 Å². The fourth-order valence-corrected chi connectivity index (χ4v) is 4.07. The summed E-state index contributed by atoms with van der Waals surface area (Å²) < 4.78 is 1.60. The second-order valence-corrected chi connectivity index (χ2v) is 7.51. The van der Waals surface area contributed by atoms with Gasteiger partial charge in [0.15, 0.2) is 0 Å². The molecule has 0 aliphatic heterocycles. The van der Waals surface area contributed by atoms with Gasteiger partial charge in [0.1, 0.15) is 17.1 Å². The number of hydrogen-bond acceptors (Lipinski definition) is 5. The zero-order valence-corrected chi connectivity index (χ0v) is 16.1. The highest BCUT2D eigenvalue weighted by molar-refractivity contribution is 7.15. The molecule has 0 radical (unpaired) electrons. The number of para-hydroxylation sites is 1. The van der Waals surface area contributed by atoms with E-state index in [1.807, 2.05) is 55.5 Å². The lowest BCUT2D eigenvalue weighted by molar-refractivity contribution is -0.121. The number of aromatic nitrogens is 4. The highest BCUT2D eigenvalue weighted by Crippen LogP contribution is 2.32. The normalized spacial score (nSPS) is 11.0. The molecule has 4 rings (SSSR count). The van der Waals surface area contributed by atoms with Crippen molar-refractivity contribution in [3.05, 3.63) is 64.1 Å². The van der Waals surface area contributed by atoms with Gasteiger partial charge < -0.3 is 5.32 Å². The van der Waals surface area contributed by atoms with Crippen molar-refractivity contribution in [3.63, 3.8) is 0 Å². The van der Waals surface area contributed by atoms with Crippen LogP contribution in [0.3, 0.4) is 0 Å². The Balaban J connectivity index is 1.44. The van der Waals surface area contributed by atoms with Crippen LogP contribution in [0.4, 0.5) is 0 Å². The van der Waals surface area contributed by atoms with Gasteiger partial charge in [0.05, 0.1) is 22.8 Å². The number of rotatable bonds is 5. The Morgan fingerprint density at radius 1 is 1.19 bits per heavy atom. The van der Waals surface area contributed by atoms with Gasteiger partial charge >= 0.3 is 0 Å². The molecule has 2 heterocycles. The van der Waals surface area contributed by atoms with Crippen molar-refractivity contribution in [1.82, 2.24) is 25.3 Å². The molecule has 2 aromatic heterocycles. The summed E-state index contributed by atoms with van der Waals surface area (Å²) in [5.41, 5.74) is 3.40. The van der Waals surface area contributed by atoms with Crippen molar-refractivity contribution in [2.45, 2.75) is 20.0 Å². The van der Waals surface area contributed by atoms with E-state index in [2.05, 4.69) is 20.6 Å². The summed E-state index contributed by atoms with van der Waals surface area (Å²) >= 11 is 7.79. The number of nitrogens with zero attached hydrogens (tertiary/aromatic N) is 4. The third-order valence-corrected chi connectivity index (χ3v) is 5.68. The minimum Gasteiger partial charge on any atom is -0.350 e. The van der Waals surface area contributed by atoms with E-state index >= 15 is 0 Å². The number of benzene rings is 2. The molecule has 27 heavy (non-hydrogen) atoms. The fourth-order valence-electron chi connectivity index (χ4n) is 2.75. The molecule has 1 N–H and O–H groups in total. The van der Waals surface area contributed by atoms with Crippen LogP contribution in [0.15, 0.2) is 48.5 Å². The molecule has 0 fully saturated rings. The molecule has 0 unspecified atom stereocenters. The molecule has 2 aromatic carbocycles. The highest BCUT2D eigenvalue weighted by Gasteiger charge is 2.13. The van der Waals surface area contributed by atoms with Crippen LogP contribution in [-0.2, 0) is 17.9 Å². The average Bonchev–Trinajstić information content (AvgIpc) is 3.24. The van der Waals surface area contributed by atoms with Crippen molar-refractivity contribution >= 4 is 39.9 Å². The van der Waals surface area contributed by atoms with Crippen molar-refractivity contribution in [2.75, 3.05) is 0 Å². The summed E-state index contributed by atoms with van der Waals surface area (Å²) in [4.78, 5) is 17.9. The minimum absolute atomic E-state index is 0.121. The van der Waals surface area contributed by atoms with Crippen LogP contribution in [-0.4, -0.2) is 25.9 Å². The summed E-state index contributed by atoms with van der Waals surface area (Å²) in [6.07, 6.45) is 0. The second kappa shape index (κ2) is 7.46. The summed E-state index contributed by atoms with van der Waals surface area (Å²) in [5, 5.41) is 12.6. The van der Waals surface area contributed by atoms with E-state index in [-0.39, 0.29) is 12.5 Å². The Kier molecular flexibility index (Phi) is 4.87. The van der Waals surface area contributed by atoms with Crippen molar-refractivity contribution < 1.29 is 4.79 Å². The molecule has 0 aliphatic rings. The van der Waals surface area contributed by atoms with Crippen LogP contribution < -0.4 is 5.32 Å². The zero-order chi connectivity index (χ0) is 18.8. The van der Waals surface area contributed by atoms with Gasteiger partial charge in [0.2, 0.25) is 5.91 Å². The number of aryl methyl sites for hydroxylation is 1. The lowest BCUT2D eigenvalue weighted by Gasteiger charge is -2.05. The predicted octanol–water partition coefficient (Wildman–Crippen LogP) is 3.83. The van der Waals surface area contributed by atoms with E-state index in [9.17, 15) is 4.79 Å². The number of nitrogens with one attached hydrogen (secondary N) is 1. The van der Waals surface area contributed by atoms with Crippen LogP contribution in [0.5, 0.6) is 0 Å². The molecule has 8 heteroatoms. The minimum atomic E-state index is -0.127. The van der Waals surface area contributed by atoms with Crippen LogP contribution in [0.2, 0.25) is 5.02 Å². The zero-order valence-electron chi connectivity index (χ0n) is 14.5. The van der Waals surface area contributed by atoms with Crippen LogP contribution in [0.1, 0.15) is 10.6 Å². The van der Waals surface area contributed by atoms with Gasteiger partial charge in [0, 0.05) is 10.4 Å². The summed E-state index contributed by atoms with van der Waals surface area (Å²) in [6, 6.07) is 15.2. The molecule has 0 spiro atoms. The first-order valence-electron chi connectivity index (χ1n) is 8.38. The number of amides is 1. The first-order chi connectivity index (χ1) is 13.1. The number of halogens is 1. The molecule has 1 amide bonds. The molecule has 4 aromatic rings. The van der Waals surface area contributed by atoms with Crippen molar-refractivity contribution in [2.24, 2.45) is 0 Å². The standard InChI is InChI=1S/C19H16ClN5OS/c1-12-17(27-19(22-12)13-6-2-3-7-14(13)20)10-21-18(26)11-25-16-9-5-4-8-15(16)23-24-25/h2-9H,10-11H2,1H3,(H,21,26). The largest absolute Gasteiger partial charge is 0.350 e. The smallest absolute Gasteiger partial charge is 0.242 e. The molecule has 0 atom stereocenters. The second-order valence-electron chi connectivity index (χ2n) is 6.02. The lowest BCUT2D eigenvalue weighted by Crippen LogP contribution is -2.27. The third-order valence-electron chi connectivity index (χ3n) is 4.16. The quantitative estimate of drug-likeness (QED) is 0.555. The van der Waals surface area contributed by atoms with Gasteiger partial charge in [0.25, 0.3) is 0 Å². The van der Waals surface area contributed by atoms with Crippen LogP contribution >= 0.6 is 22.9 Å². The number of carbonyl (C=O) groups excluding carboxylic acids is 1. The lowest BCUT2D eigenvalue weighted by atomic mass is 10.2. The maximum Gasteiger partial charge on any atom is 0.242 e. The molecule has 136 valence electrons. The first kappa shape index (κ1) is 17.6. The Bertz CT molecular complexity index is 1120. The van der Waals surface area contributed by atoms with Gasteiger partial charge in [-0.3, -0.25) is 4.79 Å². The number of hydrogen-bond donors (Lipinski definition) is 1. The Labute approximate surface area is 164 Å². The van der Waals surface area contributed by atoms with E-state index in [0.29, 0.717) is 11.6 Å². The van der Waals surface area contributed by atoms with Gasteiger partial charge in [-0.05, 0) is 25.1 Å². The predicted molar refractivity (Wildman–Crippen MR) is 107 cm³/mol. The molecular weight excluding hydrogens is 382 g/mol. The van der Waals surface area contributed by atoms with Gasteiger partial charge in [-0.15, -0.1) is 16.4 Å². The summed E-state index contributed by atoms with van der Waals surface area (Å²) in [6.45, 7) is 2.47. The summed E-state index contributed by atoms with van der Waals surface area (Å²) in [5.74, 6) is -0.127. The van der Waals surface area contributed by atoms with Crippen LogP contribution in [0, 0.1) is 6.92 Å². The fraction of sp³-hybridized carbons (Fsp3) is 0.158. The molecular formula is C19H16ClN5OS. The third kappa shape index (κ3) is 3.70. The number of carbonyl (C=O) groups is 1. The maximum atomic E-state index is 12.3.